The second-order valence-electron chi connectivity index (χ2n) is 3.94. The summed E-state index contributed by atoms with van der Waals surface area (Å²) in [6.45, 7) is 1.91. The van der Waals surface area contributed by atoms with Crippen molar-refractivity contribution in [2.24, 2.45) is 0 Å². The second-order valence-corrected chi connectivity index (χ2v) is 4.94. The first kappa shape index (κ1) is 13.4. The zero-order chi connectivity index (χ0) is 14.0. The third-order valence-electron chi connectivity index (χ3n) is 2.70. The average molecular weight is 278 g/mol. The summed E-state index contributed by atoms with van der Waals surface area (Å²) in [5, 5.41) is 12.7. The van der Waals surface area contributed by atoms with E-state index >= 15 is 0 Å². The van der Waals surface area contributed by atoms with Crippen molar-refractivity contribution in [2.45, 2.75) is 6.92 Å². The lowest BCUT2D eigenvalue weighted by Gasteiger charge is -2.06. The molecule has 0 unspecified atom stereocenters. The highest BCUT2D eigenvalue weighted by Gasteiger charge is 2.18. The lowest BCUT2D eigenvalue weighted by Crippen LogP contribution is -1.96. The Bertz CT molecular complexity index is 622. The molecule has 0 amide bonds. The van der Waals surface area contributed by atoms with E-state index in [1.165, 1.54) is 0 Å². The SMILES string of the molecule is CNc1nc(-c2ccc(OC)c(C)c2)c(C(=O)O)s1. The van der Waals surface area contributed by atoms with Crippen LogP contribution in [0.3, 0.4) is 0 Å². The summed E-state index contributed by atoms with van der Waals surface area (Å²) in [4.78, 5) is 15.8. The summed E-state index contributed by atoms with van der Waals surface area (Å²) in [6.07, 6.45) is 0. The molecule has 0 radical (unpaired) electrons. The molecule has 0 bridgehead atoms. The fraction of sp³-hybridized carbons (Fsp3) is 0.231. The lowest BCUT2D eigenvalue weighted by molar-refractivity contribution is 0.0702. The van der Waals surface area contributed by atoms with Crippen LogP contribution in [0.25, 0.3) is 11.3 Å². The fourth-order valence-corrected chi connectivity index (χ4v) is 2.57. The van der Waals surface area contributed by atoms with Gasteiger partial charge >= 0.3 is 5.97 Å². The monoisotopic (exact) mass is 278 g/mol. The van der Waals surface area contributed by atoms with E-state index in [1.807, 2.05) is 25.1 Å². The zero-order valence-corrected chi connectivity index (χ0v) is 11.7. The Kier molecular flexibility index (Phi) is 3.71. The standard InChI is InChI=1S/C13H14N2O3S/c1-7-6-8(4-5-9(7)18-3)10-11(12(16)17)19-13(14-2)15-10/h4-6H,1-3H3,(H,14,15)(H,16,17). The fourth-order valence-electron chi connectivity index (χ4n) is 1.79. The highest BCUT2D eigenvalue weighted by Crippen LogP contribution is 2.33. The van der Waals surface area contributed by atoms with E-state index < -0.39 is 5.97 Å². The number of nitrogens with zero attached hydrogens (tertiary/aromatic N) is 1. The van der Waals surface area contributed by atoms with Gasteiger partial charge in [-0.05, 0) is 30.7 Å². The first-order valence-corrected chi connectivity index (χ1v) is 6.45. The van der Waals surface area contributed by atoms with Gasteiger partial charge < -0.3 is 15.2 Å². The molecule has 0 atom stereocenters. The van der Waals surface area contributed by atoms with E-state index in [0.29, 0.717) is 10.8 Å². The van der Waals surface area contributed by atoms with Crippen molar-refractivity contribution in [1.82, 2.24) is 4.98 Å². The number of carboxylic acids is 1. The van der Waals surface area contributed by atoms with Gasteiger partial charge in [-0.1, -0.05) is 11.3 Å². The van der Waals surface area contributed by atoms with Crippen molar-refractivity contribution in [1.29, 1.82) is 0 Å². The molecular formula is C13H14N2O3S. The van der Waals surface area contributed by atoms with Crippen LogP contribution in [-0.2, 0) is 0 Å². The van der Waals surface area contributed by atoms with Crippen molar-refractivity contribution in [3.8, 4) is 17.0 Å². The number of hydrogen-bond donors (Lipinski definition) is 2. The number of aryl methyl sites for hydroxylation is 1. The first-order chi connectivity index (χ1) is 9.06. The molecule has 0 spiro atoms. The molecule has 2 N–H and O–H groups in total. The molecule has 0 saturated heterocycles. The number of aromatic carboxylic acids is 1. The van der Waals surface area contributed by atoms with Gasteiger partial charge in [-0.25, -0.2) is 9.78 Å². The van der Waals surface area contributed by atoms with E-state index in [1.54, 1.807) is 14.2 Å². The van der Waals surface area contributed by atoms with Gasteiger partial charge in [-0.15, -0.1) is 0 Å². The smallest absolute Gasteiger partial charge is 0.348 e. The molecule has 19 heavy (non-hydrogen) atoms. The van der Waals surface area contributed by atoms with Gasteiger partial charge in [0.25, 0.3) is 0 Å². The molecule has 0 fully saturated rings. The van der Waals surface area contributed by atoms with E-state index in [2.05, 4.69) is 10.3 Å². The van der Waals surface area contributed by atoms with Crippen LogP contribution in [0.4, 0.5) is 5.13 Å². The van der Waals surface area contributed by atoms with Crippen LogP contribution in [0.5, 0.6) is 5.75 Å². The summed E-state index contributed by atoms with van der Waals surface area (Å²) < 4.78 is 5.19. The number of carboxylic acid groups (broad SMARTS) is 1. The average Bonchev–Trinajstić information content (AvgIpc) is 2.83. The van der Waals surface area contributed by atoms with Gasteiger partial charge in [0.1, 0.15) is 10.6 Å². The van der Waals surface area contributed by atoms with Gasteiger partial charge in [0, 0.05) is 12.6 Å². The predicted octanol–water partition coefficient (Wildman–Crippen LogP) is 2.87. The molecule has 100 valence electrons. The van der Waals surface area contributed by atoms with Crippen molar-refractivity contribution < 1.29 is 14.6 Å². The summed E-state index contributed by atoms with van der Waals surface area (Å²) in [5.74, 6) is -0.202. The molecule has 1 aromatic carbocycles. The second kappa shape index (κ2) is 5.27. The number of ether oxygens (including phenoxy) is 1. The van der Waals surface area contributed by atoms with Crippen LogP contribution < -0.4 is 10.1 Å². The number of rotatable bonds is 4. The minimum absolute atomic E-state index is 0.230. The number of thiazole rings is 1. The van der Waals surface area contributed by atoms with Crippen LogP contribution in [-0.4, -0.2) is 30.2 Å². The van der Waals surface area contributed by atoms with Crippen molar-refractivity contribution in [3.63, 3.8) is 0 Å². The van der Waals surface area contributed by atoms with Crippen LogP contribution in [0, 0.1) is 6.92 Å². The van der Waals surface area contributed by atoms with Gasteiger partial charge in [0.2, 0.25) is 0 Å². The molecule has 2 aromatic rings. The maximum atomic E-state index is 11.3. The topological polar surface area (TPSA) is 71.5 Å². The summed E-state index contributed by atoms with van der Waals surface area (Å²) in [5.41, 5.74) is 2.19. The Balaban J connectivity index is 2.54. The van der Waals surface area contributed by atoms with Gasteiger partial charge in [-0.3, -0.25) is 0 Å². The molecule has 1 heterocycles. The highest BCUT2D eigenvalue weighted by molar-refractivity contribution is 7.17. The van der Waals surface area contributed by atoms with Crippen LogP contribution >= 0.6 is 11.3 Å². The largest absolute Gasteiger partial charge is 0.496 e. The third kappa shape index (κ3) is 2.53. The molecule has 0 aliphatic rings. The summed E-state index contributed by atoms with van der Waals surface area (Å²) >= 11 is 1.13. The Morgan fingerprint density at radius 2 is 2.21 bits per heavy atom. The normalized spacial score (nSPS) is 10.3. The number of benzene rings is 1. The number of carbonyl (C=O) groups is 1. The summed E-state index contributed by atoms with van der Waals surface area (Å²) in [7, 11) is 3.32. The van der Waals surface area contributed by atoms with E-state index in [-0.39, 0.29) is 4.88 Å². The van der Waals surface area contributed by atoms with Gasteiger partial charge in [0.05, 0.1) is 12.8 Å². The molecule has 6 heteroatoms. The number of nitrogens with one attached hydrogen (secondary N) is 1. The van der Waals surface area contributed by atoms with Crippen molar-refractivity contribution in [3.05, 3.63) is 28.6 Å². The maximum Gasteiger partial charge on any atom is 0.348 e. The highest BCUT2D eigenvalue weighted by atomic mass is 32.1. The molecule has 0 saturated carbocycles. The summed E-state index contributed by atoms with van der Waals surface area (Å²) in [6, 6.07) is 5.50. The minimum atomic E-state index is -0.970. The number of anilines is 1. The first-order valence-electron chi connectivity index (χ1n) is 5.63. The van der Waals surface area contributed by atoms with Crippen molar-refractivity contribution >= 4 is 22.4 Å². The number of aromatic nitrogens is 1. The van der Waals surface area contributed by atoms with E-state index in [4.69, 9.17) is 4.74 Å². The molecule has 0 aliphatic heterocycles. The van der Waals surface area contributed by atoms with Gasteiger partial charge in [0.15, 0.2) is 5.13 Å². The lowest BCUT2D eigenvalue weighted by atomic mass is 10.1. The molecule has 0 aliphatic carbocycles. The zero-order valence-electron chi connectivity index (χ0n) is 10.9. The Labute approximate surface area is 114 Å². The Morgan fingerprint density at radius 1 is 1.47 bits per heavy atom. The minimum Gasteiger partial charge on any atom is -0.496 e. The van der Waals surface area contributed by atoms with Gasteiger partial charge in [-0.2, -0.15) is 0 Å². The van der Waals surface area contributed by atoms with Crippen molar-refractivity contribution in [2.75, 3.05) is 19.5 Å². The molecule has 5 nitrogen and oxygen atoms in total. The van der Waals surface area contributed by atoms with Crippen LogP contribution in [0.1, 0.15) is 15.2 Å². The molecule has 1 aromatic heterocycles. The predicted molar refractivity (Wildman–Crippen MR) is 75.3 cm³/mol. The quantitative estimate of drug-likeness (QED) is 0.899. The van der Waals surface area contributed by atoms with E-state index in [0.717, 1.165) is 28.2 Å². The molecular weight excluding hydrogens is 264 g/mol. The number of methoxy groups -OCH3 is 1. The number of hydrogen-bond acceptors (Lipinski definition) is 5. The maximum absolute atomic E-state index is 11.3. The Hall–Kier alpha value is -2.08. The van der Waals surface area contributed by atoms with Crippen LogP contribution in [0.2, 0.25) is 0 Å². The Morgan fingerprint density at radius 3 is 2.74 bits per heavy atom. The van der Waals surface area contributed by atoms with Crippen LogP contribution in [0.15, 0.2) is 18.2 Å². The third-order valence-corrected chi connectivity index (χ3v) is 3.76. The molecule has 2 rings (SSSR count). The van der Waals surface area contributed by atoms with E-state index in [9.17, 15) is 9.90 Å².